The Morgan fingerprint density at radius 2 is 1.53 bits per heavy atom. The molecule has 4 aromatic carbocycles. The van der Waals surface area contributed by atoms with Crippen LogP contribution in [0.1, 0.15) is 33.5 Å². The van der Waals surface area contributed by atoms with Gasteiger partial charge in [0, 0.05) is 18.7 Å². The van der Waals surface area contributed by atoms with Gasteiger partial charge in [-0.2, -0.15) is 0 Å². The summed E-state index contributed by atoms with van der Waals surface area (Å²) in [7, 11) is 0. The largest absolute Gasteiger partial charge is 0.397 e. The molecule has 4 heteroatoms. The molecule has 4 nitrogen and oxygen atoms in total. The number of aryl methyl sites for hydroxylation is 1. The maximum absolute atomic E-state index is 12.5. The molecule has 0 spiro atoms. The molecule has 0 aliphatic carbocycles. The highest BCUT2D eigenvalue weighted by Gasteiger charge is 2.17. The highest BCUT2D eigenvalue weighted by molar-refractivity contribution is 6.05. The number of hydrogen-bond acceptors (Lipinski definition) is 3. The zero-order valence-electron chi connectivity index (χ0n) is 18.1. The van der Waals surface area contributed by atoms with Gasteiger partial charge in [0.15, 0.2) is 0 Å². The van der Waals surface area contributed by atoms with Crippen molar-refractivity contribution < 1.29 is 4.79 Å². The minimum atomic E-state index is -0.143. The van der Waals surface area contributed by atoms with E-state index in [0.29, 0.717) is 16.9 Å². The molecule has 0 radical (unpaired) electrons. The quantitative estimate of drug-likeness (QED) is 0.397. The molecule has 1 aliphatic heterocycles. The lowest BCUT2D eigenvalue weighted by atomic mass is 9.95. The van der Waals surface area contributed by atoms with Gasteiger partial charge in [-0.3, -0.25) is 9.69 Å². The summed E-state index contributed by atoms with van der Waals surface area (Å²) in [4.78, 5) is 15.0. The van der Waals surface area contributed by atoms with Crippen molar-refractivity contribution in [1.82, 2.24) is 4.90 Å². The molecule has 0 aromatic heterocycles. The molecule has 0 unspecified atom stereocenters. The highest BCUT2D eigenvalue weighted by atomic mass is 16.1. The van der Waals surface area contributed by atoms with Crippen molar-refractivity contribution in [3.05, 3.63) is 107 Å². The Kier molecular flexibility index (Phi) is 5.61. The van der Waals surface area contributed by atoms with Crippen LogP contribution < -0.4 is 11.1 Å². The van der Waals surface area contributed by atoms with E-state index in [9.17, 15) is 4.79 Å². The lowest BCUT2D eigenvalue weighted by molar-refractivity contribution is 0.102. The van der Waals surface area contributed by atoms with Crippen LogP contribution in [0.15, 0.2) is 84.9 Å². The lowest BCUT2D eigenvalue weighted by Crippen LogP contribution is -2.27. The predicted octanol–water partition coefficient (Wildman–Crippen LogP) is 5.62. The highest BCUT2D eigenvalue weighted by Crippen LogP contribution is 2.30. The number of nitrogen functional groups attached to an aromatic ring is 1. The predicted molar refractivity (Wildman–Crippen MR) is 132 cm³/mol. The first-order valence-electron chi connectivity index (χ1n) is 11.1. The van der Waals surface area contributed by atoms with Crippen molar-refractivity contribution in [2.24, 2.45) is 0 Å². The van der Waals surface area contributed by atoms with E-state index in [1.807, 2.05) is 24.3 Å². The fraction of sp³-hybridized carbons (Fsp3) is 0.179. The number of amides is 1. The van der Waals surface area contributed by atoms with E-state index in [0.717, 1.165) is 32.5 Å². The molecule has 0 atom stereocenters. The monoisotopic (exact) mass is 421 g/mol. The molecule has 0 saturated heterocycles. The second-order valence-corrected chi connectivity index (χ2v) is 8.48. The fourth-order valence-corrected chi connectivity index (χ4v) is 4.60. The number of benzene rings is 4. The average Bonchev–Trinajstić information content (AvgIpc) is 2.81. The molecule has 3 N–H and O–H groups in total. The number of carbonyl (C=O) groups excluding carboxylic acids is 1. The summed E-state index contributed by atoms with van der Waals surface area (Å²) >= 11 is 0. The summed E-state index contributed by atoms with van der Waals surface area (Å²) in [6.45, 7) is 3.08. The molecule has 5 rings (SSSR count). The lowest BCUT2D eigenvalue weighted by Gasteiger charge is -2.29. The van der Waals surface area contributed by atoms with Crippen LogP contribution in [0.3, 0.4) is 0 Å². The first-order chi connectivity index (χ1) is 15.7. The molecule has 32 heavy (non-hydrogen) atoms. The van der Waals surface area contributed by atoms with Crippen molar-refractivity contribution in [3.63, 3.8) is 0 Å². The second-order valence-electron chi connectivity index (χ2n) is 8.48. The summed E-state index contributed by atoms with van der Waals surface area (Å²) in [6.07, 6.45) is 2.08. The first kappa shape index (κ1) is 20.3. The molecule has 1 aliphatic rings. The molecular weight excluding hydrogens is 394 g/mol. The van der Waals surface area contributed by atoms with E-state index >= 15 is 0 Å². The van der Waals surface area contributed by atoms with Crippen LogP contribution in [0.5, 0.6) is 0 Å². The van der Waals surface area contributed by atoms with Crippen molar-refractivity contribution in [2.75, 3.05) is 17.6 Å². The Labute approximate surface area is 188 Å². The Morgan fingerprint density at radius 1 is 0.844 bits per heavy atom. The Hall–Kier alpha value is -3.63. The van der Waals surface area contributed by atoms with Crippen molar-refractivity contribution in [3.8, 4) is 0 Å². The Bertz CT molecular complexity index is 1220. The molecular formula is C28H27N3O. The van der Waals surface area contributed by atoms with Gasteiger partial charge in [0.25, 0.3) is 5.91 Å². The van der Waals surface area contributed by atoms with Crippen LogP contribution in [-0.2, 0) is 19.5 Å². The molecule has 1 amide bonds. The van der Waals surface area contributed by atoms with Gasteiger partial charge in [0.1, 0.15) is 0 Å². The van der Waals surface area contributed by atoms with Crippen LogP contribution in [0, 0.1) is 0 Å². The molecule has 0 saturated carbocycles. The van der Waals surface area contributed by atoms with Crippen LogP contribution in [-0.4, -0.2) is 17.4 Å². The zero-order valence-corrected chi connectivity index (χ0v) is 18.1. The standard InChI is InChI=1S/C28H27N3O/c29-25-11-1-2-12-26(25)30-28(32)22-15-13-20(14-16-22)6-5-17-31-18-23-9-3-7-21-8-4-10-24(19-31)27(21)23/h1-4,7-16H,5-6,17-19,29H2,(H,30,32). The van der Waals surface area contributed by atoms with E-state index in [1.165, 1.54) is 27.5 Å². The molecule has 0 bridgehead atoms. The number of nitrogens with zero attached hydrogens (tertiary/aromatic N) is 1. The van der Waals surface area contributed by atoms with Crippen molar-refractivity contribution in [1.29, 1.82) is 0 Å². The van der Waals surface area contributed by atoms with Gasteiger partial charge in [-0.25, -0.2) is 0 Å². The third-order valence-corrected chi connectivity index (χ3v) is 6.23. The van der Waals surface area contributed by atoms with E-state index in [4.69, 9.17) is 5.73 Å². The average molecular weight is 422 g/mol. The summed E-state index contributed by atoms with van der Waals surface area (Å²) in [6, 6.07) is 28.4. The third kappa shape index (κ3) is 4.23. The number of hydrogen-bond donors (Lipinski definition) is 2. The van der Waals surface area contributed by atoms with E-state index in [1.54, 1.807) is 12.1 Å². The number of nitrogens with two attached hydrogens (primary N) is 1. The van der Waals surface area contributed by atoms with Crippen LogP contribution in [0.4, 0.5) is 11.4 Å². The van der Waals surface area contributed by atoms with E-state index in [-0.39, 0.29) is 5.91 Å². The number of rotatable bonds is 6. The van der Waals surface area contributed by atoms with E-state index < -0.39 is 0 Å². The maximum Gasteiger partial charge on any atom is 0.255 e. The summed E-state index contributed by atoms with van der Waals surface area (Å²) in [5, 5.41) is 5.67. The zero-order chi connectivity index (χ0) is 21.9. The smallest absolute Gasteiger partial charge is 0.255 e. The van der Waals surface area contributed by atoms with Gasteiger partial charge >= 0.3 is 0 Å². The van der Waals surface area contributed by atoms with Crippen molar-refractivity contribution >= 4 is 28.1 Å². The maximum atomic E-state index is 12.5. The molecule has 4 aromatic rings. The van der Waals surface area contributed by atoms with Gasteiger partial charge in [-0.1, -0.05) is 60.7 Å². The summed E-state index contributed by atoms with van der Waals surface area (Å²) in [5.74, 6) is -0.143. The van der Waals surface area contributed by atoms with E-state index in [2.05, 4.69) is 58.7 Å². The third-order valence-electron chi connectivity index (χ3n) is 6.23. The topological polar surface area (TPSA) is 58.4 Å². The molecule has 0 fully saturated rings. The van der Waals surface area contributed by atoms with Crippen molar-refractivity contribution in [2.45, 2.75) is 25.9 Å². The number of nitrogens with one attached hydrogen (secondary N) is 1. The second kappa shape index (κ2) is 8.85. The fourth-order valence-electron chi connectivity index (χ4n) is 4.60. The van der Waals surface area contributed by atoms with Gasteiger partial charge in [-0.05, 0) is 71.1 Å². The van der Waals surface area contributed by atoms with Crippen LogP contribution >= 0.6 is 0 Å². The number of para-hydroxylation sites is 2. The van der Waals surface area contributed by atoms with Crippen LogP contribution in [0.2, 0.25) is 0 Å². The van der Waals surface area contributed by atoms with Gasteiger partial charge in [0.2, 0.25) is 0 Å². The first-order valence-corrected chi connectivity index (χ1v) is 11.1. The minimum absolute atomic E-state index is 0.143. The minimum Gasteiger partial charge on any atom is -0.397 e. The number of carbonyl (C=O) groups is 1. The van der Waals surface area contributed by atoms with Gasteiger partial charge in [-0.15, -0.1) is 0 Å². The van der Waals surface area contributed by atoms with Gasteiger partial charge < -0.3 is 11.1 Å². The summed E-state index contributed by atoms with van der Waals surface area (Å²) < 4.78 is 0. The SMILES string of the molecule is Nc1ccccc1NC(=O)c1ccc(CCCN2Cc3cccc4cccc(c34)C2)cc1. The van der Waals surface area contributed by atoms with Gasteiger partial charge in [0.05, 0.1) is 11.4 Å². The Morgan fingerprint density at radius 3 is 2.22 bits per heavy atom. The van der Waals surface area contributed by atoms with Crippen LogP contribution in [0.25, 0.3) is 10.8 Å². The molecule has 1 heterocycles. The number of anilines is 2. The Balaban J connectivity index is 1.16. The molecule has 160 valence electrons. The normalized spacial score (nSPS) is 13.2. The summed E-state index contributed by atoms with van der Waals surface area (Å²) in [5.41, 5.74) is 11.9.